The van der Waals surface area contributed by atoms with Gasteiger partial charge in [0.05, 0.1) is 7.11 Å². The van der Waals surface area contributed by atoms with Gasteiger partial charge in [0.1, 0.15) is 5.75 Å². The maximum absolute atomic E-state index is 5.29. The molecule has 0 aliphatic carbocycles. The van der Waals surface area contributed by atoms with Gasteiger partial charge in [0.2, 0.25) is 0 Å². The summed E-state index contributed by atoms with van der Waals surface area (Å²) in [6.07, 6.45) is 4.88. The number of methoxy groups -OCH3 is 1. The smallest absolute Gasteiger partial charge is 0.119 e. The average molecular weight is 276 g/mol. The van der Waals surface area contributed by atoms with Crippen molar-refractivity contribution in [3.8, 4) is 5.75 Å². The first kappa shape index (κ1) is 15.3. The standard InChI is InChI=1S/C17H28N2O/c1-3-16-9-13-19(11-5-10-18-16)12-8-15-6-4-7-17(14-15)20-2/h4,6-7,14,16,18H,3,5,8-13H2,1-2H3. The Morgan fingerprint density at radius 1 is 1.35 bits per heavy atom. The molecule has 1 aliphatic rings. The van der Waals surface area contributed by atoms with E-state index in [1.807, 2.05) is 6.07 Å². The van der Waals surface area contributed by atoms with Crippen molar-refractivity contribution in [3.63, 3.8) is 0 Å². The molecule has 1 aliphatic heterocycles. The minimum Gasteiger partial charge on any atom is -0.497 e. The maximum atomic E-state index is 5.29. The van der Waals surface area contributed by atoms with Gasteiger partial charge in [0, 0.05) is 12.6 Å². The number of benzene rings is 1. The first-order valence-electron chi connectivity index (χ1n) is 7.90. The first-order chi connectivity index (χ1) is 9.81. The lowest BCUT2D eigenvalue weighted by Crippen LogP contribution is -2.40. The van der Waals surface area contributed by atoms with Crippen LogP contribution in [0.25, 0.3) is 0 Å². The third kappa shape index (κ3) is 4.80. The van der Waals surface area contributed by atoms with E-state index in [0.717, 1.165) is 25.3 Å². The summed E-state index contributed by atoms with van der Waals surface area (Å²) in [5.74, 6) is 0.963. The van der Waals surface area contributed by atoms with Crippen LogP contribution in [0.3, 0.4) is 0 Å². The highest BCUT2D eigenvalue weighted by Crippen LogP contribution is 2.14. The molecule has 1 N–H and O–H groups in total. The summed E-state index contributed by atoms with van der Waals surface area (Å²) in [6.45, 7) is 7.03. The molecule has 1 fully saturated rings. The lowest BCUT2D eigenvalue weighted by atomic mass is 10.1. The van der Waals surface area contributed by atoms with E-state index in [4.69, 9.17) is 4.74 Å². The van der Waals surface area contributed by atoms with Gasteiger partial charge in [-0.2, -0.15) is 0 Å². The van der Waals surface area contributed by atoms with Crippen LogP contribution < -0.4 is 10.1 Å². The van der Waals surface area contributed by atoms with E-state index in [2.05, 4.69) is 35.3 Å². The van der Waals surface area contributed by atoms with E-state index in [0.29, 0.717) is 6.04 Å². The number of hydrogen-bond acceptors (Lipinski definition) is 3. The van der Waals surface area contributed by atoms with Crippen molar-refractivity contribution in [2.45, 2.75) is 38.6 Å². The van der Waals surface area contributed by atoms with Crippen LogP contribution in [0.4, 0.5) is 0 Å². The maximum Gasteiger partial charge on any atom is 0.119 e. The molecule has 3 heteroatoms. The number of nitrogens with zero attached hydrogens (tertiary/aromatic N) is 1. The van der Waals surface area contributed by atoms with Crippen molar-refractivity contribution < 1.29 is 4.74 Å². The van der Waals surface area contributed by atoms with Crippen molar-refractivity contribution in [2.24, 2.45) is 0 Å². The van der Waals surface area contributed by atoms with Crippen molar-refractivity contribution >= 4 is 0 Å². The molecular formula is C17H28N2O. The summed E-state index contributed by atoms with van der Waals surface area (Å²) in [7, 11) is 1.73. The van der Waals surface area contributed by atoms with E-state index < -0.39 is 0 Å². The van der Waals surface area contributed by atoms with Gasteiger partial charge in [0.15, 0.2) is 0 Å². The van der Waals surface area contributed by atoms with Gasteiger partial charge in [-0.3, -0.25) is 0 Å². The van der Waals surface area contributed by atoms with Gasteiger partial charge in [-0.05, 0) is 63.0 Å². The lowest BCUT2D eigenvalue weighted by molar-refractivity contribution is 0.234. The Bertz CT molecular complexity index is 394. The van der Waals surface area contributed by atoms with E-state index >= 15 is 0 Å². The number of nitrogens with one attached hydrogen (secondary N) is 1. The molecule has 1 heterocycles. The Hall–Kier alpha value is -1.06. The molecule has 0 spiro atoms. The fourth-order valence-electron chi connectivity index (χ4n) is 2.85. The van der Waals surface area contributed by atoms with Crippen LogP contribution in [-0.2, 0) is 6.42 Å². The highest BCUT2D eigenvalue weighted by atomic mass is 16.5. The van der Waals surface area contributed by atoms with Crippen LogP contribution in [0.5, 0.6) is 5.75 Å². The summed E-state index contributed by atoms with van der Waals surface area (Å²) in [4.78, 5) is 2.61. The highest BCUT2D eigenvalue weighted by molar-refractivity contribution is 5.28. The molecule has 1 aromatic carbocycles. The molecular weight excluding hydrogens is 248 g/mol. The molecule has 3 nitrogen and oxygen atoms in total. The third-order valence-electron chi connectivity index (χ3n) is 4.22. The molecule has 0 bridgehead atoms. The summed E-state index contributed by atoms with van der Waals surface area (Å²) in [5, 5.41) is 3.64. The van der Waals surface area contributed by atoms with Crippen molar-refractivity contribution in [2.75, 3.05) is 33.3 Å². The van der Waals surface area contributed by atoms with Crippen LogP contribution in [0.2, 0.25) is 0 Å². The molecule has 0 saturated carbocycles. The SMILES string of the molecule is CCC1CCN(CCc2cccc(OC)c2)CCCN1. The second kappa shape index (κ2) is 8.28. The minimum atomic E-state index is 0.703. The predicted molar refractivity (Wildman–Crippen MR) is 84.5 cm³/mol. The van der Waals surface area contributed by atoms with E-state index in [-0.39, 0.29) is 0 Å². The zero-order chi connectivity index (χ0) is 14.2. The van der Waals surface area contributed by atoms with Crippen LogP contribution in [0.1, 0.15) is 31.7 Å². The van der Waals surface area contributed by atoms with Gasteiger partial charge in [-0.1, -0.05) is 19.1 Å². The van der Waals surface area contributed by atoms with Gasteiger partial charge in [-0.15, -0.1) is 0 Å². The summed E-state index contributed by atoms with van der Waals surface area (Å²) in [5.41, 5.74) is 1.37. The van der Waals surface area contributed by atoms with Gasteiger partial charge >= 0.3 is 0 Å². The lowest BCUT2D eigenvalue weighted by Gasteiger charge is -2.28. The Morgan fingerprint density at radius 3 is 3.05 bits per heavy atom. The quantitative estimate of drug-likeness (QED) is 0.895. The molecule has 1 aromatic rings. The Kier molecular flexibility index (Phi) is 6.34. The second-order valence-corrected chi connectivity index (χ2v) is 5.64. The third-order valence-corrected chi connectivity index (χ3v) is 4.22. The fraction of sp³-hybridized carbons (Fsp3) is 0.647. The fourth-order valence-corrected chi connectivity index (χ4v) is 2.85. The van der Waals surface area contributed by atoms with Crippen LogP contribution >= 0.6 is 0 Å². The Morgan fingerprint density at radius 2 is 2.25 bits per heavy atom. The minimum absolute atomic E-state index is 0.703. The molecule has 0 aromatic heterocycles. The largest absolute Gasteiger partial charge is 0.497 e. The molecule has 0 radical (unpaired) electrons. The Labute approximate surface area is 123 Å². The normalized spacial score (nSPS) is 21.2. The average Bonchev–Trinajstić information content (AvgIpc) is 2.47. The van der Waals surface area contributed by atoms with Gasteiger partial charge in [0.25, 0.3) is 0 Å². The first-order valence-corrected chi connectivity index (χ1v) is 7.90. The monoisotopic (exact) mass is 276 g/mol. The zero-order valence-corrected chi connectivity index (χ0v) is 12.9. The molecule has 1 unspecified atom stereocenters. The Balaban J connectivity index is 1.82. The van der Waals surface area contributed by atoms with Gasteiger partial charge in [-0.25, -0.2) is 0 Å². The summed E-state index contributed by atoms with van der Waals surface area (Å²) >= 11 is 0. The molecule has 2 rings (SSSR count). The highest BCUT2D eigenvalue weighted by Gasteiger charge is 2.13. The molecule has 112 valence electrons. The predicted octanol–water partition coefficient (Wildman–Crippen LogP) is 2.70. The molecule has 1 atom stereocenters. The molecule has 1 saturated heterocycles. The van der Waals surface area contributed by atoms with E-state index in [1.54, 1.807) is 7.11 Å². The number of ether oxygens (including phenoxy) is 1. The second-order valence-electron chi connectivity index (χ2n) is 5.64. The summed E-state index contributed by atoms with van der Waals surface area (Å²) < 4.78 is 5.29. The number of hydrogen-bond donors (Lipinski definition) is 1. The van der Waals surface area contributed by atoms with E-state index in [1.165, 1.54) is 37.9 Å². The van der Waals surface area contributed by atoms with Crippen molar-refractivity contribution in [1.29, 1.82) is 0 Å². The number of rotatable bonds is 5. The van der Waals surface area contributed by atoms with Crippen molar-refractivity contribution in [1.82, 2.24) is 10.2 Å². The topological polar surface area (TPSA) is 24.5 Å². The molecule has 0 amide bonds. The van der Waals surface area contributed by atoms with Crippen LogP contribution in [0.15, 0.2) is 24.3 Å². The van der Waals surface area contributed by atoms with E-state index in [9.17, 15) is 0 Å². The zero-order valence-electron chi connectivity index (χ0n) is 12.9. The van der Waals surface area contributed by atoms with Crippen LogP contribution in [-0.4, -0.2) is 44.2 Å². The summed E-state index contributed by atoms with van der Waals surface area (Å²) in [6, 6.07) is 9.15. The molecule has 20 heavy (non-hydrogen) atoms. The van der Waals surface area contributed by atoms with Crippen LogP contribution in [0, 0.1) is 0 Å². The van der Waals surface area contributed by atoms with Crippen molar-refractivity contribution in [3.05, 3.63) is 29.8 Å². The van der Waals surface area contributed by atoms with Gasteiger partial charge < -0.3 is 15.0 Å².